The molecule has 0 fully saturated rings. The third kappa shape index (κ3) is 1.64. The highest BCUT2D eigenvalue weighted by Gasteiger charge is 2.31. The molecule has 0 saturated carbocycles. The van der Waals surface area contributed by atoms with Gasteiger partial charge in [-0.05, 0) is 6.07 Å². The summed E-state index contributed by atoms with van der Waals surface area (Å²) in [6.07, 6.45) is 0. The van der Waals surface area contributed by atoms with E-state index in [4.69, 9.17) is 4.74 Å². The normalized spacial score (nSPS) is 19.6. The fourth-order valence-electron chi connectivity index (χ4n) is 1.46. The van der Waals surface area contributed by atoms with Gasteiger partial charge in [-0.1, -0.05) is 32.0 Å². The van der Waals surface area contributed by atoms with Crippen LogP contribution in [0.3, 0.4) is 0 Å². The van der Waals surface area contributed by atoms with Gasteiger partial charge >= 0.3 is 5.97 Å². The first kappa shape index (κ1) is 9.59. The average molecular weight is 208 g/mol. The lowest BCUT2D eigenvalue weighted by molar-refractivity contribution is 0.0522. The van der Waals surface area contributed by atoms with Crippen molar-refractivity contribution in [3.05, 3.63) is 35.4 Å². The van der Waals surface area contributed by atoms with Crippen molar-refractivity contribution in [1.82, 2.24) is 0 Å². The number of rotatable bonds is 2. The third-order valence-corrected chi connectivity index (χ3v) is 3.19. The largest absolute Gasteiger partial charge is 0.443 e. The van der Waals surface area contributed by atoms with Crippen LogP contribution in [-0.2, 0) is 4.74 Å². The van der Waals surface area contributed by atoms with Crippen molar-refractivity contribution in [2.75, 3.05) is 0 Å². The predicted molar refractivity (Wildman–Crippen MR) is 57.3 cm³/mol. The molecule has 14 heavy (non-hydrogen) atoms. The Morgan fingerprint density at radius 2 is 2.07 bits per heavy atom. The molecule has 0 aromatic heterocycles. The second kappa shape index (κ2) is 3.65. The van der Waals surface area contributed by atoms with Gasteiger partial charge in [0.05, 0.1) is 5.56 Å². The van der Waals surface area contributed by atoms with Crippen molar-refractivity contribution in [2.24, 2.45) is 0 Å². The van der Waals surface area contributed by atoms with Crippen LogP contribution in [0.25, 0.3) is 0 Å². The maximum absolute atomic E-state index is 11.4. The fraction of sp³-hybridized carbons (Fsp3) is 0.364. The number of thioether (sulfide) groups is 1. The molecular weight excluding hydrogens is 196 g/mol. The Morgan fingerprint density at radius 1 is 1.36 bits per heavy atom. The lowest BCUT2D eigenvalue weighted by atomic mass is 10.1. The molecule has 0 aliphatic carbocycles. The van der Waals surface area contributed by atoms with Crippen molar-refractivity contribution in [1.29, 1.82) is 0 Å². The molecule has 0 N–H and O–H groups in total. The van der Waals surface area contributed by atoms with E-state index in [1.807, 2.05) is 24.3 Å². The molecule has 1 aliphatic rings. The molecule has 2 rings (SSSR count). The summed E-state index contributed by atoms with van der Waals surface area (Å²) in [5.41, 5.74) is 1.61. The summed E-state index contributed by atoms with van der Waals surface area (Å²) >= 11 is 1.67. The smallest absolute Gasteiger partial charge is 0.340 e. The molecule has 3 heteroatoms. The van der Waals surface area contributed by atoms with Gasteiger partial charge in [0.15, 0.2) is 5.44 Å². The van der Waals surface area contributed by atoms with E-state index >= 15 is 0 Å². The zero-order valence-corrected chi connectivity index (χ0v) is 9.01. The summed E-state index contributed by atoms with van der Waals surface area (Å²) in [6.45, 7) is 4.19. The summed E-state index contributed by atoms with van der Waals surface area (Å²) in [4.78, 5) is 11.4. The minimum atomic E-state index is -0.196. The minimum Gasteiger partial charge on any atom is -0.443 e. The monoisotopic (exact) mass is 208 g/mol. The van der Waals surface area contributed by atoms with E-state index in [2.05, 4.69) is 13.8 Å². The van der Waals surface area contributed by atoms with Gasteiger partial charge in [0, 0.05) is 10.8 Å². The van der Waals surface area contributed by atoms with Crippen LogP contribution in [0.1, 0.15) is 35.2 Å². The summed E-state index contributed by atoms with van der Waals surface area (Å²) in [7, 11) is 0. The van der Waals surface area contributed by atoms with Crippen LogP contribution in [0.15, 0.2) is 24.3 Å². The highest BCUT2D eigenvalue weighted by molar-refractivity contribution is 8.00. The van der Waals surface area contributed by atoms with Crippen LogP contribution in [0.2, 0.25) is 0 Å². The van der Waals surface area contributed by atoms with Crippen molar-refractivity contribution in [3.8, 4) is 0 Å². The van der Waals surface area contributed by atoms with Crippen LogP contribution in [0.5, 0.6) is 0 Å². The Morgan fingerprint density at radius 3 is 2.79 bits per heavy atom. The average Bonchev–Trinajstić information content (AvgIpc) is 2.44. The van der Waals surface area contributed by atoms with Gasteiger partial charge in [0.2, 0.25) is 0 Å². The standard InChI is InChI=1S/C11H12O2S/c1-7(2)14-11-9-6-4-3-5-8(9)10(12)13-11/h3-7,11H,1-2H3. The molecule has 1 heterocycles. The molecule has 74 valence electrons. The molecule has 1 aromatic carbocycles. The van der Waals surface area contributed by atoms with E-state index in [0.29, 0.717) is 10.8 Å². The van der Waals surface area contributed by atoms with E-state index in [0.717, 1.165) is 5.56 Å². The van der Waals surface area contributed by atoms with Crippen LogP contribution in [0.4, 0.5) is 0 Å². The van der Waals surface area contributed by atoms with E-state index in [-0.39, 0.29) is 11.4 Å². The van der Waals surface area contributed by atoms with Gasteiger partial charge in [0.25, 0.3) is 0 Å². The number of cyclic esters (lactones) is 1. The van der Waals surface area contributed by atoms with Crippen molar-refractivity contribution >= 4 is 17.7 Å². The third-order valence-electron chi connectivity index (χ3n) is 2.04. The highest BCUT2D eigenvalue weighted by Crippen LogP contribution is 2.40. The Kier molecular flexibility index (Phi) is 2.50. The molecule has 1 aliphatic heterocycles. The van der Waals surface area contributed by atoms with Crippen molar-refractivity contribution in [2.45, 2.75) is 24.5 Å². The summed E-state index contributed by atoms with van der Waals surface area (Å²) in [5, 5.41) is 0.457. The number of benzene rings is 1. The van der Waals surface area contributed by atoms with Gasteiger partial charge in [-0.2, -0.15) is 0 Å². The number of carbonyl (C=O) groups excluding carboxylic acids is 1. The van der Waals surface area contributed by atoms with Gasteiger partial charge in [-0.15, -0.1) is 11.8 Å². The topological polar surface area (TPSA) is 26.3 Å². The van der Waals surface area contributed by atoms with E-state index in [9.17, 15) is 4.79 Å². The van der Waals surface area contributed by atoms with E-state index in [1.165, 1.54) is 0 Å². The lowest BCUT2D eigenvalue weighted by Crippen LogP contribution is -1.98. The quantitative estimate of drug-likeness (QED) is 0.699. The minimum absolute atomic E-state index is 0.112. The summed E-state index contributed by atoms with van der Waals surface area (Å²) in [5.74, 6) is -0.196. The highest BCUT2D eigenvalue weighted by atomic mass is 32.2. The second-order valence-electron chi connectivity index (χ2n) is 3.51. The first-order chi connectivity index (χ1) is 6.68. The molecule has 2 nitrogen and oxygen atoms in total. The molecule has 0 saturated heterocycles. The van der Waals surface area contributed by atoms with E-state index in [1.54, 1.807) is 11.8 Å². The predicted octanol–water partition coefficient (Wildman–Crippen LogP) is 3.00. The molecule has 0 amide bonds. The Balaban J connectivity index is 2.30. The summed E-state index contributed by atoms with van der Waals surface area (Å²) < 4.78 is 5.27. The zero-order valence-electron chi connectivity index (χ0n) is 8.19. The first-order valence-electron chi connectivity index (χ1n) is 4.64. The Bertz CT molecular complexity index is 360. The molecule has 0 spiro atoms. The summed E-state index contributed by atoms with van der Waals surface area (Å²) in [6, 6.07) is 7.58. The van der Waals surface area contributed by atoms with Gasteiger partial charge in [0.1, 0.15) is 0 Å². The van der Waals surface area contributed by atoms with Gasteiger partial charge < -0.3 is 4.74 Å². The number of hydrogen-bond acceptors (Lipinski definition) is 3. The fourth-order valence-corrected chi connectivity index (χ4v) is 2.45. The lowest BCUT2D eigenvalue weighted by Gasteiger charge is -2.12. The zero-order chi connectivity index (χ0) is 10.1. The Hall–Kier alpha value is -0.960. The number of fused-ring (bicyclic) bond motifs is 1. The number of hydrogen-bond donors (Lipinski definition) is 0. The molecular formula is C11H12O2S. The number of esters is 1. The maximum Gasteiger partial charge on any atom is 0.340 e. The Labute approximate surface area is 87.6 Å². The van der Waals surface area contributed by atoms with Crippen LogP contribution < -0.4 is 0 Å². The SMILES string of the molecule is CC(C)SC1OC(=O)c2ccccc21. The molecule has 1 unspecified atom stereocenters. The molecule has 1 aromatic rings. The van der Waals surface area contributed by atoms with E-state index < -0.39 is 0 Å². The van der Waals surface area contributed by atoms with Gasteiger partial charge in [-0.25, -0.2) is 4.79 Å². The van der Waals surface area contributed by atoms with Crippen LogP contribution in [-0.4, -0.2) is 11.2 Å². The molecule has 0 bridgehead atoms. The van der Waals surface area contributed by atoms with Crippen molar-refractivity contribution in [3.63, 3.8) is 0 Å². The first-order valence-corrected chi connectivity index (χ1v) is 5.58. The van der Waals surface area contributed by atoms with Crippen LogP contribution in [0, 0.1) is 0 Å². The number of ether oxygens (including phenoxy) is 1. The molecule has 1 atom stereocenters. The maximum atomic E-state index is 11.4. The number of carbonyl (C=O) groups is 1. The van der Waals surface area contributed by atoms with Crippen LogP contribution >= 0.6 is 11.8 Å². The second-order valence-corrected chi connectivity index (χ2v) is 5.15. The van der Waals surface area contributed by atoms with Crippen molar-refractivity contribution < 1.29 is 9.53 Å². The van der Waals surface area contributed by atoms with Gasteiger partial charge in [-0.3, -0.25) is 0 Å². The molecule has 0 radical (unpaired) electrons.